The van der Waals surface area contributed by atoms with Crippen molar-refractivity contribution in [3.63, 3.8) is 0 Å². The number of ether oxygens (including phenoxy) is 2. The Morgan fingerprint density at radius 2 is 2.13 bits per heavy atom. The summed E-state index contributed by atoms with van der Waals surface area (Å²) in [6.07, 6.45) is 6.91. The Morgan fingerprint density at radius 1 is 1.32 bits per heavy atom. The molecule has 0 spiro atoms. The van der Waals surface area contributed by atoms with Gasteiger partial charge in [0, 0.05) is 36.5 Å². The van der Waals surface area contributed by atoms with Gasteiger partial charge in [0.25, 0.3) is 0 Å². The molecule has 1 aliphatic rings. The minimum Gasteiger partial charge on any atom is -0.492 e. The number of hydrogen-bond donors (Lipinski definition) is 1. The smallest absolute Gasteiger partial charge is 0.312 e. The lowest BCUT2D eigenvalue weighted by atomic mass is 9.75. The highest BCUT2D eigenvalue weighted by Gasteiger charge is 2.45. The first-order valence-corrected chi connectivity index (χ1v) is 13.0. The van der Waals surface area contributed by atoms with Gasteiger partial charge in [-0.2, -0.15) is 10.4 Å². The Balaban J connectivity index is 1.57. The van der Waals surface area contributed by atoms with Crippen LogP contribution in [0.4, 0.5) is 5.82 Å². The molecule has 1 N–H and O–H groups in total. The summed E-state index contributed by atoms with van der Waals surface area (Å²) in [5, 5.41) is 24.1. The van der Waals surface area contributed by atoms with E-state index >= 15 is 0 Å². The van der Waals surface area contributed by atoms with E-state index in [0.717, 1.165) is 29.9 Å². The second kappa shape index (κ2) is 11.8. The van der Waals surface area contributed by atoms with Gasteiger partial charge in [0.1, 0.15) is 17.6 Å². The summed E-state index contributed by atoms with van der Waals surface area (Å²) in [6.45, 7) is 6.57. The monoisotopic (exact) mass is 520 g/mol. The number of likely N-dealkylation sites (N-methyl/N-ethyl adjacent to an activating group) is 1. The zero-order chi connectivity index (χ0) is 27.3. The number of aromatic nitrogens is 3. The maximum Gasteiger partial charge on any atom is 0.312 e. The van der Waals surface area contributed by atoms with Crippen molar-refractivity contribution in [2.75, 3.05) is 51.9 Å². The van der Waals surface area contributed by atoms with E-state index < -0.39 is 11.4 Å². The number of hydrogen-bond acceptors (Lipinski definition) is 8. The molecular weight excluding hydrogens is 484 g/mol. The lowest BCUT2D eigenvalue weighted by Crippen LogP contribution is -2.52. The van der Waals surface area contributed by atoms with Gasteiger partial charge in [-0.1, -0.05) is 6.92 Å². The summed E-state index contributed by atoms with van der Waals surface area (Å²) in [6, 6.07) is 8.10. The van der Waals surface area contributed by atoms with Crippen molar-refractivity contribution in [2.45, 2.75) is 39.2 Å². The van der Waals surface area contributed by atoms with Crippen molar-refractivity contribution >= 4 is 17.3 Å². The average molecular weight is 521 g/mol. The SMILES string of the molecule is CCOc1cc(-c2ccc(N3CCC(COCCN(C)C)(C(=O)O)CC3CC)nc2)c2c(C#N)cnn2c1. The molecule has 0 amide bonds. The molecule has 0 radical (unpaired) electrons. The number of piperidine rings is 1. The fourth-order valence-corrected chi connectivity index (χ4v) is 5.11. The number of aliphatic carboxylic acids is 1. The van der Waals surface area contributed by atoms with Crippen LogP contribution in [0.15, 0.2) is 36.8 Å². The van der Waals surface area contributed by atoms with Gasteiger partial charge >= 0.3 is 5.97 Å². The molecule has 0 aromatic carbocycles. The summed E-state index contributed by atoms with van der Waals surface area (Å²) in [7, 11) is 3.94. The molecule has 2 unspecified atom stereocenters. The lowest BCUT2D eigenvalue weighted by molar-refractivity contribution is -0.155. The zero-order valence-electron chi connectivity index (χ0n) is 22.6. The fourth-order valence-electron chi connectivity index (χ4n) is 5.11. The molecule has 0 saturated carbocycles. The first-order valence-electron chi connectivity index (χ1n) is 13.0. The van der Waals surface area contributed by atoms with Gasteiger partial charge in [-0.3, -0.25) is 4.79 Å². The molecule has 10 heteroatoms. The number of carboxylic acid groups (broad SMARTS) is 1. The number of pyridine rings is 2. The highest BCUT2D eigenvalue weighted by Crippen LogP contribution is 2.39. The van der Waals surface area contributed by atoms with Crippen LogP contribution >= 0.6 is 0 Å². The van der Waals surface area contributed by atoms with E-state index in [4.69, 9.17) is 14.5 Å². The van der Waals surface area contributed by atoms with Gasteiger partial charge in [-0.15, -0.1) is 0 Å². The molecule has 38 heavy (non-hydrogen) atoms. The molecule has 1 aliphatic heterocycles. The minimum absolute atomic E-state index is 0.0312. The third-order valence-corrected chi connectivity index (χ3v) is 7.26. The van der Waals surface area contributed by atoms with Gasteiger partial charge in [-0.25, -0.2) is 9.50 Å². The quantitative estimate of drug-likeness (QED) is 0.378. The van der Waals surface area contributed by atoms with Crippen molar-refractivity contribution in [1.29, 1.82) is 5.26 Å². The van der Waals surface area contributed by atoms with Crippen LogP contribution in [0, 0.1) is 16.7 Å². The number of nitrogens with zero attached hydrogens (tertiary/aromatic N) is 6. The molecule has 1 fully saturated rings. The van der Waals surface area contributed by atoms with Crippen LogP contribution in [-0.2, 0) is 9.53 Å². The molecular formula is C28H36N6O4. The second-order valence-electron chi connectivity index (χ2n) is 10.0. The summed E-state index contributed by atoms with van der Waals surface area (Å²) in [5.74, 6) is 0.668. The number of fused-ring (bicyclic) bond motifs is 1. The van der Waals surface area contributed by atoms with E-state index in [1.807, 2.05) is 44.1 Å². The standard InChI is InChI=1S/C28H36N6O4/c1-5-22-14-28(27(35)36,19-37-12-11-32(3)4)9-10-33(22)25-8-7-20(16-30-25)24-13-23(38-6-2)18-34-26(24)21(15-29)17-31-34/h7-8,13,16-18,22H,5-6,9-12,14,19H2,1-4H3,(H,35,36). The van der Waals surface area contributed by atoms with Gasteiger partial charge in [0.2, 0.25) is 0 Å². The van der Waals surface area contributed by atoms with E-state index in [0.29, 0.717) is 49.4 Å². The number of anilines is 1. The predicted molar refractivity (Wildman–Crippen MR) is 144 cm³/mol. The van der Waals surface area contributed by atoms with Crippen LogP contribution in [0.3, 0.4) is 0 Å². The van der Waals surface area contributed by atoms with Crippen LogP contribution in [0.25, 0.3) is 16.6 Å². The Labute approximate surface area is 223 Å². The third kappa shape index (κ3) is 5.59. The lowest BCUT2D eigenvalue weighted by Gasteiger charge is -2.44. The Kier molecular flexibility index (Phi) is 8.49. The van der Waals surface area contributed by atoms with Crippen LogP contribution in [0.2, 0.25) is 0 Å². The van der Waals surface area contributed by atoms with E-state index in [9.17, 15) is 15.2 Å². The second-order valence-corrected chi connectivity index (χ2v) is 10.0. The van der Waals surface area contributed by atoms with E-state index in [-0.39, 0.29) is 12.6 Å². The van der Waals surface area contributed by atoms with E-state index in [1.165, 1.54) is 0 Å². The van der Waals surface area contributed by atoms with Crippen molar-refractivity contribution in [3.8, 4) is 22.9 Å². The van der Waals surface area contributed by atoms with Gasteiger partial charge in [0.05, 0.1) is 48.7 Å². The number of carbonyl (C=O) groups is 1. The van der Waals surface area contributed by atoms with Crippen LogP contribution in [0.5, 0.6) is 5.75 Å². The third-order valence-electron chi connectivity index (χ3n) is 7.26. The molecule has 4 rings (SSSR count). The number of carboxylic acids is 1. The molecule has 2 atom stereocenters. The molecule has 10 nitrogen and oxygen atoms in total. The average Bonchev–Trinajstić information content (AvgIpc) is 3.34. The maximum absolute atomic E-state index is 12.4. The molecule has 1 saturated heterocycles. The summed E-state index contributed by atoms with van der Waals surface area (Å²) < 4.78 is 13.2. The predicted octanol–water partition coefficient (Wildman–Crippen LogP) is 3.69. The maximum atomic E-state index is 12.4. The summed E-state index contributed by atoms with van der Waals surface area (Å²) >= 11 is 0. The van der Waals surface area contributed by atoms with Crippen molar-refractivity contribution in [2.24, 2.45) is 5.41 Å². The first-order chi connectivity index (χ1) is 18.3. The number of nitriles is 1. The Hall–Kier alpha value is -3.68. The number of rotatable bonds is 11. The molecule has 3 aromatic heterocycles. The fraction of sp³-hybridized carbons (Fsp3) is 0.500. The summed E-state index contributed by atoms with van der Waals surface area (Å²) in [4.78, 5) is 21.4. The first kappa shape index (κ1) is 27.4. The van der Waals surface area contributed by atoms with Crippen molar-refractivity contribution in [1.82, 2.24) is 19.5 Å². The Bertz CT molecular complexity index is 1300. The van der Waals surface area contributed by atoms with Crippen LogP contribution in [0.1, 0.15) is 38.7 Å². The highest BCUT2D eigenvalue weighted by atomic mass is 16.5. The van der Waals surface area contributed by atoms with Gasteiger partial charge in [-0.05, 0) is 58.5 Å². The topological polar surface area (TPSA) is 116 Å². The van der Waals surface area contributed by atoms with Crippen molar-refractivity contribution in [3.05, 3.63) is 42.4 Å². The molecule has 202 valence electrons. The zero-order valence-corrected chi connectivity index (χ0v) is 22.6. The highest BCUT2D eigenvalue weighted by molar-refractivity contribution is 5.85. The van der Waals surface area contributed by atoms with Crippen LogP contribution < -0.4 is 9.64 Å². The van der Waals surface area contributed by atoms with Gasteiger partial charge in [0.15, 0.2) is 0 Å². The molecule has 4 heterocycles. The molecule has 0 bridgehead atoms. The largest absolute Gasteiger partial charge is 0.492 e. The Morgan fingerprint density at radius 3 is 2.76 bits per heavy atom. The van der Waals surface area contributed by atoms with Crippen molar-refractivity contribution < 1.29 is 19.4 Å². The van der Waals surface area contributed by atoms with Crippen LogP contribution in [-0.4, -0.2) is 83.6 Å². The van der Waals surface area contributed by atoms with E-state index in [1.54, 1.807) is 23.1 Å². The minimum atomic E-state index is -0.898. The van der Waals surface area contributed by atoms with E-state index in [2.05, 4.69) is 23.0 Å². The van der Waals surface area contributed by atoms with Gasteiger partial charge < -0.3 is 24.4 Å². The molecule has 0 aliphatic carbocycles. The normalized spacial score (nSPS) is 19.6. The molecule has 3 aromatic rings. The summed E-state index contributed by atoms with van der Waals surface area (Å²) in [5.41, 5.74) is 1.94.